The minimum Gasteiger partial charge on any atom is -0.379 e. The van der Waals surface area contributed by atoms with Crippen LogP contribution < -0.4 is 10.6 Å². The van der Waals surface area contributed by atoms with E-state index < -0.39 is 15.9 Å². The van der Waals surface area contributed by atoms with Gasteiger partial charge in [-0.1, -0.05) is 41.3 Å². The first-order valence-electron chi connectivity index (χ1n) is 10.6. The maximum absolute atomic E-state index is 12.7. The molecule has 13 heteroatoms. The number of carbonyl (C=O) groups is 2. The van der Waals surface area contributed by atoms with Crippen molar-refractivity contribution >= 4 is 55.8 Å². The first-order valence-corrected chi connectivity index (χ1v) is 13.9. The number of nitrogens with one attached hydrogen (secondary N) is 2. The summed E-state index contributed by atoms with van der Waals surface area (Å²) in [6.45, 7) is 3.24. The van der Waals surface area contributed by atoms with Crippen LogP contribution in [0.3, 0.4) is 0 Å². The molecule has 0 spiro atoms. The number of anilines is 2. The summed E-state index contributed by atoms with van der Waals surface area (Å²) >= 11 is 2.36. The number of hydrogen-bond donors (Lipinski definition) is 2. The molecule has 1 aliphatic heterocycles. The van der Waals surface area contributed by atoms with Crippen LogP contribution in [0.25, 0.3) is 0 Å². The number of aromatic nitrogens is 2. The normalized spacial score (nSPS) is 14.4. The minimum absolute atomic E-state index is 0.120. The molecular formula is C22H23N5O5S3. The summed E-state index contributed by atoms with van der Waals surface area (Å²) < 4.78 is 32.5. The fourth-order valence-electron chi connectivity index (χ4n) is 3.23. The van der Waals surface area contributed by atoms with Gasteiger partial charge in [-0.2, -0.15) is 4.31 Å². The number of thioether (sulfide) groups is 1. The highest BCUT2D eigenvalue weighted by molar-refractivity contribution is 8.01. The monoisotopic (exact) mass is 533 g/mol. The van der Waals surface area contributed by atoms with Crippen molar-refractivity contribution in [3.05, 3.63) is 59.7 Å². The van der Waals surface area contributed by atoms with Gasteiger partial charge in [0, 0.05) is 24.3 Å². The third-order valence-electron chi connectivity index (χ3n) is 5.10. The third kappa shape index (κ3) is 6.44. The van der Waals surface area contributed by atoms with Crippen molar-refractivity contribution in [3.63, 3.8) is 0 Å². The van der Waals surface area contributed by atoms with E-state index in [1.54, 1.807) is 0 Å². The average Bonchev–Trinajstić information content (AvgIpc) is 3.32. The van der Waals surface area contributed by atoms with E-state index in [9.17, 15) is 18.0 Å². The van der Waals surface area contributed by atoms with Gasteiger partial charge < -0.3 is 10.1 Å². The predicted molar refractivity (Wildman–Crippen MR) is 134 cm³/mol. The van der Waals surface area contributed by atoms with E-state index in [4.69, 9.17) is 4.74 Å². The maximum atomic E-state index is 12.7. The summed E-state index contributed by atoms with van der Waals surface area (Å²) in [5.41, 5.74) is 2.01. The van der Waals surface area contributed by atoms with E-state index in [0.717, 1.165) is 22.6 Å². The zero-order chi connectivity index (χ0) is 24.8. The Kier molecular flexibility index (Phi) is 8.13. The number of carbonyl (C=O) groups excluding carboxylic acids is 2. The molecule has 0 aliphatic carbocycles. The smallest absolute Gasteiger partial charge is 0.257 e. The second-order valence-corrected chi connectivity index (χ2v) is 11.7. The zero-order valence-electron chi connectivity index (χ0n) is 18.8. The Morgan fingerprint density at radius 3 is 2.49 bits per heavy atom. The Labute approximate surface area is 211 Å². The number of nitrogens with zero attached hydrogens (tertiary/aromatic N) is 3. The Morgan fingerprint density at radius 1 is 1.06 bits per heavy atom. The standard InChI is InChI=1S/C22H23N5O5S3/c1-15-4-2-3-5-18(15)23-19(28)14-33-22-26-25-21(34-22)24-20(29)16-6-8-17(9-7-16)35(30,31)27-10-12-32-13-11-27/h2-9H,10-14H2,1H3,(H,23,28)(H,24,25,29). The highest BCUT2D eigenvalue weighted by Crippen LogP contribution is 2.26. The third-order valence-corrected chi connectivity index (χ3v) is 8.98. The largest absolute Gasteiger partial charge is 0.379 e. The van der Waals surface area contributed by atoms with Crippen LogP contribution in [0.1, 0.15) is 15.9 Å². The molecule has 1 aliphatic rings. The van der Waals surface area contributed by atoms with Gasteiger partial charge in [-0.25, -0.2) is 8.42 Å². The van der Waals surface area contributed by atoms with Crippen LogP contribution in [0.15, 0.2) is 57.8 Å². The topological polar surface area (TPSA) is 131 Å². The van der Waals surface area contributed by atoms with Gasteiger partial charge in [0.2, 0.25) is 21.1 Å². The highest BCUT2D eigenvalue weighted by Gasteiger charge is 2.26. The van der Waals surface area contributed by atoms with Crippen molar-refractivity contribution in [2.75, 3.05) is 42.7 Å². The van der Waals surface area contributed by atoms with Crippen molar-refractivity contribution in [2.45, 2.75) is 16.2 Å². The van der Waals surface area contributed by atoms with Crippen LogP contribution in [0.2, 0.25) is 0 Å². The van der Waals surface area contributed by atoms with Gasteiger partial charge in [0.05, 0.1) is 23.9 Å². The zero-order valence-corrected chi connectivity index (χ0v) is 21.2. The fraction of sp³-hybridized carbons (Fsp3) is 0.273. The molecule has 184 valence electrons. The number of rotatable bonds is 8. The lowest BCUT2D eigenvalue weighted by Crippen LogP contribution is -2.40. The Balaban J connectivity index is 1.30. The maximum Gasteiger partial charge on any atom is 0.257 e. The SMILES string of the molecule is Cc1ccccc1NC(=O)CSc1nnc(NC(=O)c2ccc(S(=O)(=O)N3CCOCC3)cc2)s1. The average molecular weight is 534 g/mol. The first-order chi connectivity index (χ1) is 16.8. The summed E-state index contributed by atoms with van der Waals surface area (Å²) in [6, 6.07) is 13.2. The quantitative estimate of drug-likeness (QED) is 0.334. The summed E-state index contributed by atoms with van der Waals surface area (Å²) in [7, 11) is -3.63. The molecule has 0 unspecified atom stereocenters. The van der Waals surface area contributed by atoms with E-state index >= 15 is 0 Å². The van der Waals surface area contributed by atoms with Gasteiger partial charge in [0.15, 0.2) is 4.34 Å². The molecule has 2 heterocycles. The van der Waals surface area contributed by atoms with Gasteiger partial charge in [0.25, 0.3) is 5.91 Å². The Hall–Kier alpha value is -2.84. The Bertz CT molecular complexity index is 1310. The van der Waals surface area contributed by atoms with Gasteiger partial charge in [-0.05, 0) is 42.8 Å². The number of hydrogen-bond acceptors (Lipinski definition) is 9. The first kappa shape index (κ1) is 25.3. The summed E-state index contributed by atoms with van der Waals surface area (Å²) in [6.07, 6.45) is 0. The number of sulfonamides is 1. The van der Waals surface area contributed by atoms with Gasteiger partial charge in [0.1, 0.15) is 0 Å². The molecule has 0 atom stereocenters. The summed E-state index contributed by atoms with van der Waals surface area (Å²) in [4.78, 5) is 24.9. The number of amides is 2. The lowest BCUT2D eigenvalue weighted by molar-refractivity contribution is -0.113. The van der Waals surface area contributed by atoms with Gasteiger partial charge >= 0.3 is 0 Å². The van der Waals surface area contributed by atoms with E-state index in [0.29, 0.717) is 30.6 Å². The van der Waals surface area contributed by atoms with E-state index in [1.807, 2.05) is 31.2 Å². The molecule has 3 aromatic rings. The van der Waals surface area contributed by atoms with Crippen molar-refractivity contribution in [3.8, 4) is 0 Å². The summed E-state index contributed by atoms with van der Waals surface area (Å²) in [5, 5.41) is 13.7. The molecule has 1 aromatic heterocycles. The number of aryl methyl sites for hydroxylation is 1. The predicted octanol–water partition coefficient (Wildman–Crippen LogP) is 2.85. The highest BCUT2D eigenvalue weighted by atomic mass is 32.2. The van der Waals surface area contributed by atoms with Crippen LogP contribution in [-0.4, -0.2) is 66.8 Å². The fourth-order valence-corrected chi connectivity index (χ4v) is 6.18. The molecule has 2 N–H and O–H groups in total. The van der Waals surface area contributed by atoms with Crippen LogP contribution in [0, 0.1) is 6.92 Å². The van der Waals surface area contributed by atoms with Crippen LogP contribution in [-0.2, 0) is 19.6 Å². The van der Waals surface area contributed by atoms with Gasteiger partial charge in [-0.15, -0.1) is 10.2 Å². The molecule has 35 heavy (non-hydrogen) atoms. The molecule has 2 aromatic carbocycles. The molecular weight excluding hydrogens is 510 g/mol. The Morgan fingerprint density at radius 2 is 1.77 bits per heavy atom. The van der Waals surface area contributed by atoms with Crippen molar-refractivity contribution in [2.24, 2.45) is 0 Å². The van der Waals surface area contributed by atoms with Crippen molar-refractivity contribution < 1.29 is 22.7 Å². The molecule has 0 saturated carbocycles. The molecule has 1 fully saturated rings. The molecule has 0 bridgehead atoms. The summed E-state index contributed by atoms with van der Waals surface area (Å²) in [5.74, 6) is -0.460. The molecule has 10 nitrogen and oxygen atoms in total. The van der Waals surface area contributed by atoms with Gasteiger partial charge in [-0.3, -0.25) is 14.9 Å². The molecule has 2 amide bonds. The minimum atomic E-state index is -3.63. The van der Waals surface area contributed by atoms with Crippen LogP contribution in [0.4, 0.5) is 10.8 Å². The van der Waals surface area contributed by atoms with Crippen LogP contribution in [0.5, 0.6) is 0 Å². The second-order valence-electron chi connectivity index (χ2n) is 7.52. The molecule has 0 radical (unpaired) electrons. The second kappa shape index (κ2) is 11.3. The lowest BCUT2D eigenvalue weighted by Gasteiger charge is -2.26. The number of benzene rings is 2. The van der Waals surface area contributed by atoms with E-state index in [-0.39, 0.29) is 27.3 Å². The van der Waals surface area contributed by atoms with Crippen molar-refractivity contribution in [1.82, 2.24) is 14.5 Å². The molecule has 4 rings (SSSR count). The lowest BCUT2D eigenvalue weighted by atomic mass is 10.2. The van der Waals surface area contributed by atoms with Crippen LogP contribution >= 0.6 is 23.1 Å². The number of morpholine rings is 1. The van der Waals surface area contributed by atoms with E-state index in [1.165, 1.54) is 40.3 Å². The van der Waals surface area contributed by atoms with Crippen molar-refractivity contribution in [1.29, 1.82) is 0 Å². The number of ether oxygens (including phenoxy) is 1. The number of para-hydroxylation sites is 1. The molecule has 1 saturated heterocycles. The van der Waals surface area contributed by atoms with E-state index in [2.05, 4.69) is 20.8 Å².